The third-order valence-electron chi connectivity index (χ3n) is 5.08. The van der Waals surface area contributed by atoms with Crippen molar-refractivity contribution in [1.82, 2.24) is 14.5 Å². The van der Waals surface area contributed by atoms with Gasteiger partial charge in [-0.2, -0.15) is 0 Å². The summed E-state index contributed by atoms with van der Waals surface area (Å²) in [5.41, 5.74) is 4.70. The summed E-state index contributed by atoms with van der Waals surface area (Å²) in [6, 6.07) is 13.6. The third kappa shape index (κ3) is 4.35. The highest BCUT2D eigenvalue weighted by atomic mass is 32.2. The highest BCUT2D eigenvalue weighted by molar-refractivity contribution is 7.99. The summed E-state index contributed by atoms with van der Waals surface area (Å²) in [7, 11) is 1.59. The summed E-state index contributed by atoms with van der Waals surface area (Å²) in [5, 5.41) is 4.32. The van der Waals surface area contributed by atoms with E-state index in [9.17, 15) is 9.59 Å². The number of carbonyl (C=O) groups excluding carboxylic acids is 1. The molecular weight excluding hydrogens is 412 g/mol. The minimum Gasteiger partial charge on any atom is -0.383 e. The molecular formula is C23H24N4O3S. The maximum absolute atomic E-state index is 13.2. The number of ether oxygens (including phenoxy) is 1. The van der Waals surface area contributed by atoms with Gasteiger partial charge in [-0.1, -0.05) is 47.7 Å². The zero-order chi connectivity index (χ0) is 22.0. The molecule has 0 bridgehead atoms. The second-order valence-corrected chi connectivity index (χ2v) is 8.34. The molecule has 4 aromatic rings. The Morgan fingerprint density at radius 3 is 2.81 bits per heavy atom. The molecule has 8 heteroatoms. The Morgan fingerprint density at radius 2 is 2.03 bits per heavy atom. The number of thioether (sulfide) groups is 1. The molecule has 0 saturated heterocycles. The fraction of sp³-hybridized carbons (Fsp3) is 0.261. The van der Waals surface area contributed by atoms with Crippen LogP contribution >= 0.6 is 11.8 Å². The molecule has 31 heavy (non-hydrogen) atoms. The lowest BCUT2D eigenvalue weighted by Gasteiger charge is -2.12. The van der Waals surface area contributed by atoms with Gasteiger partial charge in [0, 0.05) is 23.7 Å². The summed E-state index contributed by atoms with van der Waals surface area (Å²) in [6.45, 7) is 4.70. The minimum atomic E-state index is -0.171. The molecule has 0 aliphatic heterocycles. The van der Waals surface area contributed by atoms with Crippen LogP contribution < -0.4 is 10.9 Å². The van der Waals surface area contributed by atoms with E-state index in [1.807, 2.05) is 56.3 Å². The molecule has 7 nitrogen and oxygen atoms in total. The van der Waals surface area contributed by atoms with Crippen LogP contribution in [0.4, 0.5) is 5.69 Å². The van der Waals surface area contributed by atoms with Gasteiger partial charge in [0.1, 0.15) is 11.0 Å². The summed E-state index contributed by atoms with van der Waals surface area (Å²) in [6.07, 6.45) is 0. The number of nitrogens with one attached hydrogen (secondary N) is 2. The van der Waals surface area contributed by atoms with Crippen molar-refractivity contribution < 1.29 is 9.53 Å². The second kappa shape index (κ2) is 8.95. The lowest BCUT2D eigenvalue weighted by atomic mass is 10.1. The minimum absolute atomic E-state index is 0.139. The predicted octanol–water partition coefficient (Wildman–Crippen LogP) is 3.87. The van der Waals surface area contributed by atoms with E-state index >= 15 is 0 Å². The number of fused-ring (bicyclic) bond motifs is 3. The number of aryl methyl sites for hydroxylation is 2. The zero-order valence-electron chi connectivity index (χ0n) is 17.7. The van der Waals surface area contributed by atoms with Crippen molar-refractivity contribution in [3.8, 4) is 0 Å². The third-order valence-corrected chi connectivity index (χ3v) is 6.06. The van der Waals surface area contributed by atoms with Crippen molar-refractivity contribution in [3.63, 3.8) is 0 Å². The predicted molar refractivity (Wildman–Crippen MR) is 125 cm³/mol. The average Bonchev–Trinajstić information content (AvgIpc) is 3.13. The van der Waals surface area contributed by atoms with Gasteiger partial charge in [0.15, 0.2) is 5.16 Å². The van der Waals surface area contributed by atoms with E-state index < -0.39 is 0 Å². The maximum Gasteiger partial charge on any atom is 0.278 e. The number of amides is 1. The Kier molecular flexibility index (Phi) is 6.11. The molecule has 2 aromatic carbocycles. The molecule has 160 valence electrons. The van der Waals surface area contributed by atoms with E-state index in [2.05, 4.69) is 10.3 Å². The van der Waals surface area contributed by atoms with Gasteiger partial charge >= 0.3 is 0 Å². The summed E-state index contributed by atoms with van der Waals surface area (Å²) in [4.78, 5) is 33.7. The van der Waals surface area contributed by atoms with Crippen LogP contribution in [0.15, 0.2) is 52.4 Å². The van der Waals surface area contributed by atoms with Crippen LogP contribution in [0.3, 0.4) is 0 Å². The summed E-state index contributed by atoms with van der Waals surface area (Å²) in [5.74, 6) is -0.0100. The molecule has 0 radical (unpaired) electrons. The second-order valence-electron chi connectivity index (χ2n) is 7.39. The Bertz CT molecular complexity index is 1330. The van der Waals surface area contributed by atoms with Crippen molar-refractivity contribution >= 4 is 45.3 Å². The van der Waals surface area contributed by atoms with Gasteiger partial charge in [0.2, 0.25) is 5.91 Å². The largest absolute Gasteiger partial charge is 0.383 e. The summed E-state index contributed by atoms with van der Waals surface area (Å²) < 4.78 is 6.73. The van der Waals surface area contributed by atoms with Crippen molar-refractivity contribution in [2.45, 2.75) is 25.5 Å². The molecule has 4 rings (SSSR count). The number of rotatable bonds is 7. The molecule has 0 aliphatic rings. The van der Waals surface area contributed by atoms with Gasteiger partial charge in [-0.3, -0.25) is 14.2 Å². The number of hydrogen-bond acceptors (Lipinski definition) is 5. The van der Waals surface area contributed by atoms with Crippen molar-refractivity contribution in [3.05, 3.63) is 63.9 Å². The lowest BCUT2D eigenvalue weighted by molar-refractivity contribution is -0.113. The normalized spacial score (nSPS) is 11.3. The number of benzene rings is 2. The average molecular weight is 437 g/mol. The van der Waals surface area contributed by atoms with Crippen molar-refractivity contribution in [2.75, 3.05) is 24.8 Å². The van der Waals surface area contributed by atoms with Gasteiger partial charge < -0.3 is 15.0 Å². The highest BCUT2D eigenvalue weighted by Crippen LogP contribution is 2.25. The van der Waals surface area contributed by atoms with E-state index in [1.165, 1.54) is 11.8 Å². The molecule has 0 atom stereocenters. The molecule has 2 heterocycles. The first-order valence-corrected chi connectivity index (χ1v) is 11.0. The Morgan fingerprint density at radius 1 is 1.23 bits per heavy atom. The summed E-state index contributed by atoms with van der Waals surface area (Å²) >= 11 is 1.25. The topological polar surface area (TPSA) is 89.0 Å². The number of methoxy groups -OCH3 is 1. The smallest absolute Gasteiger partial charge is 0.278 e. The van der Waals surface area contributed by atoms with Crippen molar-refractivity contribution in [1.29, 1.82) is 0 Å². The van der Waals surface area contributed by atoms with Gasteiger partial charge in [0.05, 0.1) is 18.9 Å². The number of aromatic amines is 1. The van der Waals surface area contributed by atoms with E-state index in [0.717, 1.165) is 27.7 Å². The number of aromatic nitrogens is 3. The number of carbonyl (C=O) groups is 1. The molecule has 0 saturated carbocycles. The zero-order valence-corrected chi connectivity index (χ0v) is 18.5. The molecule has 0 fully saturated rings. The molecule has 0 aliphatic carbocycles. The van der Waals surface area contributed by atoms with Crippen LogP contribution in [0.25, 0.3) is 21.9 Å². The number of para-hydroxylation sites is 1. The number of nitrogens with zero attached hydrogens (tertiary/aromatic N) is 2. The quantitative estimate of drug-likeness (QED) is 0.339. The van der Waals surface area contributed by atoms with Gasteiger partial charge in [-0.15, -0.1) is 0 Å². The van der Waals surface area contributed by atoms with Gasteiger partial charge in [-0.05, 0) is 31.5 Å². The first-order chi connectivity index (χ1) is 15.0. The lowest BCUT2D eigenvalue weighted by Crippen LogP contribution is -2.26. The van der Waals surface area contributed by atoms with Crippen LogP contribution in [0, 0.1) is 13.8 Å². The van der Waals surface area contributed by atoms with Crippen LogP contribution in [-0.2, 0) is 16.1 Å². The maximum atomic E-state index is 13.2. The van der Waals surface area contributed by atoms with E-state index in [-0.39, 0.29) is 17.2 Å². The first-order valence-electron chi connectivity index (χ1n) is 9.98. The Labute approximate surface area is 183 Å². The fourth-order valence-electron chi connectivity index (χ4n) is 3.54. The first kappa shape index (κ1) is 21.1. The molecule has 0 unspecified atom stereocenters. The Balaban J connectivity index is 1.64. The van der Waals surface area contributed by atoms with E-state index in [1.54, 1.807) is 11.7 Å². The van der Waals surface area contributed by atoms with Crippen LogP contribution in [-0.4, -0.2) is 39.9 Å². The number of anilines is 1. The number of hydrogen-bond donors (Lipinski definition) is 2. The molecule has 1 amide bonds. The standard InChI is InChI=1S/C23H24N4O3S/c1-14-8-9-17(15(2)12-14)24-19(28)13-31-23-26-20-16-6-4-5-7-18(16)25-21(20)22(29)27(23)10-11-30-3/h4-9,12,25H,10-11,13H2,1-3H3,(H,24,28). The SMILES string of the molecule is COCCn1c(SCC(=O)Nc2ccc(C)cc2C)nc2c([nH]c3ccccc32)c1=O. The Hall–Kier alpha value is -3.10. The molecule has 2 N–H and O–H groups in total. The van der Waals surface area contributed by atoms with Crippen molar-refractivity contribution in [2.24, 2.45) is 0 Å². The highest BCUT2D eigenvalue weighted by Gasteiger charge is 2.17. The van der Waals surface area contributed by atoms with Crippen LogP contribution in [0.1, 0.15) is 11.1 Å². The number of H-pyrrole nitrogens is 1. The van der Waals surface area contributed by atoms with Gasteiger partial charge in [0.25, 0.3) is 5.56 Å². The molecule has 2 aromatic heterocycles. The van der Waals surface area contributed by atoms with Crippen LogP contribution in [0.2, 0.25) is 0 Å². The van der Waals surface area contributed by atoms with Gasteiger partial charge in [-0.25, -0.2) is 4.98 Å². The van der Waals surface area contributed by atoms with E-state index in [0.29, 0.717) is 29.3 Å². The van der Waals surface area contributed by atoms with E-state index in [4.69, 9.17) is 9.72 Å². The van der Waals surface area contributed by atoms with Crippen LogP contribution in [0.5, 0.6) is 0 Å². The fourth-order valence-corrected chi connectivity index (χ4v) is 4.35. The molecule has 0 spiro atoms. The monoisotopic (exact) mass is 436 g/mol.